The number of amides is 1. The van der Waals surface area contributed by atoms with Crippen LogP contribution in [0.5, 0.6) is 0 Å². The van der Waals surface area contributed by atoms with Gasteiger partial charge in [-0.15, -0.1) is 0 Å². The molecule has 0 saturated carbocycles. The van der Waals surface area contributed by atoms with Gasteiger partial charge in [-0.05, 0) is 73.6 Å². The molecule has 3 aromatic rings. The summed E-state index contributed by atoms with van der Waals surface area (Å²) < 4.78 is 1.86. The van der Waals surface area contributed by atoms with Gasteiger partial charge in [0.05, 0.1) is 22.6 Å². The number of nitrogen functional groups attached to an aromatic ring is 1. The van der Waals surface area contributed by atoms with Crippen LogP contribution in [0.2, 0.25) is 5.02 Å². The van der Waals surface area contributed by atoms with Crippen LogP contribution in [0.3, 0.4) is 0 Å². The zero-order valence-corrected chi connectivity index (χ0v) is 19.1. The molecule has 168 valence electrons. The Bertz CT molecular complexity index is 1090. The van der Waals surface area contributed by atoms with E-state index in [9.17, 15) is 4.79 Å². The third-order valence-electron chi connectivity index (χ3n) is 6.37. The Morgan fingerprint density at radius 1 is 1.19 bits per heavy atom. The monoisotopic (exact) mass is 452 g/mol. The Labute approximate surface area is 193 Å². The first-order valence-electron chi connectivity index (χ1n) is 11.0. The summed E-state index contributed by atoms with van der Waals surface area (Å²) >= 11 is 6.16. The number of benzene rings is 2. The van der Waals surface area contributed by atoms with Crippen LogP contribution in [0.25, 0.3) is 5.69 Å². The number of aliphatic hydroxyl groups excluding tert-OH is 1. The van der Waals surface area contributed by atoms with E-state index in [1.807, 2.05) is 59.1 Å². The van der Waals surface area contributed by atoms with Crippen molar-refractivity contribution in [1.29, 1.82) is 0 Å². The molecule has 1 aromatic heterocycles. The molecule has 6 nitrogen and oxygen atoms in total. The lowest BCUT2D eigenvalue weighted by atomic mass is 9.93. The summed E-state index contributed by atoms with van der Waals surface area (Å²) in [4.78, 5) is 14.8. The van der Waals surface area contributed by atoms with Crippen molar-refractivity contribution in [2.24, 2.45) is 5.92 Å². The van der Waals surface area contributed by atoms with Gasteiger partial charge >= 0.3 is 0 Å². The van der Waals surface area contributed by atoms with Crippen LogP contribution >= 0.6 is 11.6 Å². The van der Waals surface area contributed by atoms with E-state index in [-0.39, 0.29) is 12.5 Å². The van der Waals surface area contributed by atoms with E-state index in [0.29, 0.717) is 16.6 Å². The maximum Gasteiger partial charge on any atom is 0.253 e. The minimum atomic E-state index is 0.0863. The molecule has 0 aliphatic carbocycles. The number of carbonyl (C=O) groups excluding carboxylic acids is 1. The smallest absolute Gasteiger partial charge is 0.253 e. The van der Waals surface area contributed by atoms with E-state index < -0.39 is 0 Å². The number of carbonyl (C=O) groups is 1. The molecule has 3 N–H and O–H groups in total. The third-order valence-corrected chi connectivity index (χ3v) is 6.70. The van der Waals surface area contributed by atoms with Crippen LogP contribution in [0.1, 0.15) is 46.4 Å². The molecule has 32 heavy (non-hydrogen) atoms. The second-order valence-electron chi connectivity index (χ2n) is 8.49. The lowest BCUT2D eigenvalue weighted by Crippen LogP contribution is -2.38. The lowest BCUT2D eigenvalue weighted by Gasteiger charge is -2.31. The number of halogens is 1. The zero-order chi connectivity index (χ0) is 22.7. The van der Waals surface area contributed by atoms with Crippen LogP contribution in [-0.2, 0) is 6.42 Å². The minimum absolute atomic E-state index is 0.0863. The molecule has 0 radical (unpaired) electrons. The number of aliphatic hydroxyl groups is 1. The molecular weight excluding hydrogens is 424 g/mol. The summed E-state index contributed by atoms with van der Waals surface area (Å²) in [5.41, 5.74) is 11.2. The van der Waals surface area contributed by atoms with Gasteiger partial charge in [-0.3, -0.25) is 4.79 Å². The topological polar surface area (TPSA) is 84.4 Å². The maximum atomic E-state index is 12.8. The van der Waals surface area contributed by atoms with Gasteiger partial charge in [-0.25, -0.2) is 4.68 Å². The highest BCUT2D eigenvalue weighted by molar-refractivity contribution is 6.33. The van der Waals surface area contributed by atoms with Crippen LogP contribution in [0.15, 0.2) is 48.7 Å². The molecule has 4 rings (SSSR count). The number of nitrogens with zero attached hydrogens (tertiary/aromatic N) is 3. The molecule has 1 aliphatic heterocycles. The molecule has 2 aromatic carbocycles. The number of hydrogen-bond donors (Lipinski definition) is 2. The van der Waals surface area contributed by atoms with Crippen molar-refractivity contribution in [3.63, 3.8) is 0 Å². The summed E-state index contributed by atoms with van der Waals surface area (Å²) in [6, 6.07) is 13.4. The predicted molar refractivity (Wildman–Crippen MR) is 127 cm³/mol. The number of aromatic nitrogens is 2. The molecular formula is C25H29ClN4O2. The standard InChI is InChI=1S/C25H29ClN4O2/c1-17-21(16-28-30(17)22-6-7-24(27)23(26)15-22)14-19-2-4-20(5-3-19)25(32)29-11-8-18(9-12-29)10-13-31/h2-7,15-16,18,31H,8-14,27H2,1H3. The molecule has 2 heterocycles. The van der Waals surface area contributed by atoms with Crippen LogP contribution in [-0.4, -0.2) is 45.4 Å². The van der Waals surface area contributed by atoms with E-state index in [2.05, 4.69) is 5.10 Å². The molecule has 0 spiro atoms. The molecule has 1 aliphatic rings. The van der Waals surface area contributed by atoms with Crippen molar-refractivity contribution in [3.8, 4) is 5.69 Å². The van der Waals surface area contributed by atoms with Gasteiger partial charge in [-0.1, -0.05) is 23.7 Å². The number of hydrogen-bond acceptors (Lipinski definition) is 4. The third kappa shape index (κ3) is 4.81. The van der Waals surface area contributed by atoms with E-state index in [0.717, 1.165) is 66.8 Å². The highest BCUT2D eigenvalue weighted by atomic mass is 35.5. The normalized spacial score (nSPS) is 14.7. The van der Waals surface area contributed by atoms with Crippen molar-refractivity contribution in [2.45, 2.75) is 32.6 Å². The average molecular weight is 453 g/mol. The van der Waals surface area contributed by atoms with Crippen molar-refractivity contribution >= 4 is 23.2 Å². The second kappa shape index (κ2) is 9.76. The molecule has 1 fully saturated rings. The van der Waals surface area contributed by atoms with Gasteiger partial charge in [-0.2, -0.15) is 5.10 Å². The van der Waals surface area contributed by atoms with E-state index in [1.54, 1.807) is 6.07 Å². The Hall–Kier alpha value is -2.83. The first-order valence-corrected chi connectivity index (χ1v) is 11.4. The molecule has 7 heteroatoms. The number of rotatable bonds is 6. The highest BCUT2D eigenvalue weighted by Gasteiger charge is 2.23. The van der Waals surface area contributed by atoms with Crippen molar-refractivity contribution in [2.75, 3.05) is 25.4 Å². The van der Waals surface area contributed by atoms with Gasteiger partial charge in [0.25, 0.3) is 5.91 Å². The van der Waals surface area contributed by atoms with Crippen LogP contribution in [0, 0.1) is 12.8 Å². The Morgan fingerprint density at radius 3 is 2.56 bits per heavy atom. The van der Waals surface area contributed by atoms with Gasteiger partial charge in [0.1, 0.15) is 0 Å². The van der Waals surface area contributed by atoms with E-state index in [1.165, 1.54) is 0 Å². The molecule has 1 amide bonds. The largest absolute Gasteiger partial charge is 0.398 e. The van der Waals surface area contributed by atoms with Gasteiger partial charge in [0.2, 0.25) is 0 Å². The molecule has 0 unspecified atom stereocenters. The second-order valence-corrected chi connectivity index (χ2v) is 8.90. The van der Waals surface area contributed by atoms with Crippen molar-refractivity contribution < 1.29 is 9.90 Å². The number of nitrogens with two attached hydrogens (primary N) is 1. The number of anilines is 1. The predicted octanol–water partition coefficient (Wildman–Crippen LogP) is 4.24. The number of piperidine rings is 1. The summed E-state index contributed by atoms with van der Waals surface area (Å²) in [7, 11) is 0. The fraction of sp³-hybridized carbons (Fsp3) is 0.360. The van der Waals surface area contributed by atoms with E-state index in [4.69, 9.17) is 22.4 Å². The van der Waals surface area contributed by atoms with Gasteiger partial charge in [0.15, 0.2) is 0 Å². The quantitative estimate of drug-likeness (QED) is 0.548. The Balaban J connectivity index is 1.41. The van der Waals surface area contributed by atoms with Crippen molar-refractivity contribution in [1.82, 2.24) is 14.7 Å². The summed E-state index contributed by atoms with van der Waals surface area (Å²) in [6.45, 7) is 3.79. The molecule has 0 atom stereocenters. The Morgan fingerprint density at radius 2 is 1.91 bits per heavy atom. The Kier molecular flexibility index (Phi) is 6.82. The molecule has 1 saturated heterocycles. The minimum Gasteiger partial charge on any atom is -0.398 e. The van der Waals surface area contributed by atoms with Gasteiger partial charge < -0.3 is 15.7 Å². The fourth-order valence-electron chi connectivity index (χ4n) is 4.30. The van der Waals surface area contributed by atoms with Crippen molar-refractivity contribution in [3.05, 3.63) is 76.1 Å². The number of likely N-dealkylation sites (tertiary alicyclic amines) is 1. The SMILES string of the molecule is Cc1c(Cc2ccc(C(=O)N3CCC(CCO)CC3)cc2)cnn1-c1ccc(N)c(Cl)c1. The first kappa shape index (κ1) is 22.4. The highest BCUT2D eigenvalue weighted by Crippen LogP contribution is 2.25. The zero-order valence-electron chi connectivity index (χ0n) is 18.3. The average Bonchev–Trinajstić information content (AvgIpc) is 3.16. The lowest BCUT2D eigenvalue weighted by molar-refractivity contribution is 0.0678. The fourth-order valence-corrected chi connectivity index (χ4v) is 4.47. The summed E-state index contributed by atoms with van der Waals surface area (Å²) in [5.74, 6) is 0.614. The van der Waals surface area contributed by atoms with Crippen LogP contribution in [0.4, 0.5) is 5.69 Å². The molecule has 0 bridgehead atoms. The van der Waals surface area contributed by atoms with Gasteiger partial charge in [0, 0.05) is 37.4 Å². The first-order chi connectivity index (χ1) is 15.5. The van der Waals surface area contributed by atoms with E-state index >= 15 is 0 Å². The summed E-state index contributed by atoms with van der Waals surface area (Å²) in [5, 5.41) is 14.1. The summed E-state index contributed by atoms with van der Waals surface area (Å²) in [6.07, 6.45) is 5.36. The van der Waals surface area contributed by atoms with Crippen LogP contribution < -0.4 is 5.73 Å². The maximum absolute atomic E-state index is 12.8.